The zero-order chi connectivity index (χ0) is 42.2. The third-order valence-electron chi connectivity index (χ3n) is 11.3. The van der Waals surface area contributed by atoms with Crippen molar-refractivity contribution in [3.63, 3.8) is 0 Å². The molecule has 14 nitrogen and oxygen atoms in total. The number of hydrogen-bond donors (Lipinski definition) is 1. The molecule has 1 atom stereocenters. The first kappa shape index (κ1) is 44.2. The summed E-state index contributed by atoms with van der Waals surface area (Å²) in [7, 11) is -3.62. The number of benzene rings is 1. The fraction of sp³-hybridized carbons (Fsp3) is 0.692. The highest BCUT2D eigenvalue weighted by atomic mass is 32.2. The van der Waals surface area contributed by atoms with Gasteiger partial charge in [-0.15, -0.1) is 0 Å². The second-order valence-electron chi connectivity index (χ2n) is 16.8. The highest BCUT2D eigenvalue weighted by Gasteiger charge is 2.38. The summed E-state index contributed by atoms with van der Waals surface area (Å²) in [4.78, 5) is 44.1. The summed E-state index contributed by atoms with van der Waals surface area (Å²) in [6.45, 7) is 10.5. The van der Waals surface area contributed by atoms with Crippen LogP contribution in [0, 0.1) is 5.92 Å². The molecule has 2 aromatic rings. The maximum atomic E-state index is 14.5. The molecule has 1 aromatic heterocycles. The number of alkyl halides is 3. The molecular formula is C39H56F3N7O7S2. The second-order valence-corrected chi connectivity index (χ2v) is 19.8. The molecule has 322 valence electrons. The van der Waals surface area contributed by atoms with E-state index in [-0.39, 0.29) is 62.0 Å². The lowest BCUT2D eigenvalue weighted by molar-refractivity contribution is -0.140. The van der Waals surface area contributed by atoms with E-state index in [1.165, 1.54) is 25.6 Å². The van der Waals surface area contributed by atoms with Crippen molar-refractivity contribution in [3.05, 3.63) is 35.0 Å². The van der Waals surface area contributed by atoms with Crippen LogP contribution in [0.1, 0.15) is 83.0 Å². The van der Waals surface area contributed by atoms with Crippen molar-refractivity contribution in [2.24, 2.45) is 5.92 Å². The first-order valence-corrected chi connectivity index (χ1v) is 22.8. The van der Waals surface area contributed by atoms with E-state index in [4.69, 9.17) is 9.84 Å². The first-order valence-electron chi connectivity index (χ1n) is 20.1. The Morgan fingerprint density at radius 1 is 1.02 bits per heavy atom. The van der Waals surface area contributed by atoms with Crippen molar-refractivity contribution in [1.29, 1.82) is 0 Å². The van der Waals surface area contributed by atoms with Gasteiger partial charge in [0.25, 0.3) is 0 Å². The second kappa shape index (κ2) is 17.7. The Bertz CT molecular complexity index is 1940. The van der Waals surface area contributed by atoms with Crippen LogP contribution in [0.5, 0.6) is 0 Å². The number of sulfonamides is 1. The van der Waals surface area contributed by atoms with Gasteiger partial charge >= 0.3 is 12.3 Å². The summed E-state index contributed by atoms with van der Waals surface area (Å²) >= 11 is 0.705. The summed E-state index contributed by atoms with van der Waals surface area (Å²) < 4.78 is 78.7. The quantitative estimate of drug-likeness (QED) is 0.312. The molecule has 3 saturated heterocycles. The lowest BCUT2D eigenvalue weighted by Gasteiger charge is -2.37. The fourth-order valence-electron chi connectivity index (χ4n) is 8.36. The van der Waals surface area contributed by atoms with Crippen molar-refractivity contribution >= 4 is 39.9 Å². The van der Waals surface area contributed by atoms with Crippen LogP contribution in [-0.4, -0.2) is 141 Å². The molecule has 0 saturated carbocycles. The highest BCUT2D eigenvalue weighted by molar-refractivity contribution is 7.97. The number of aliphatic hydroxyl groups is 1. The third kappa shape index (κ3) is 10.5. The average molecular weight is 856 g/mol. The van der Waals surface area contributed by atoms with Crippen LogP contribution in [-0.2, 0) is 50.0 Å². The zero-order valence-corrected chi connectivity index (χ0v) is 35.6. The smallest absolute Gasteiger partial charge is 0.417 e. The number of amides is 3. The maximum Gasteiger partial charge on any atom is 0.417 e. The molecule has 1 N–H and O–H groups in total. The largest absolute Gasteiger partial charge is 0.444 e. The van der Waals surface area contributed by atoms with E-state index >= 15 is 0 Å². The monoisotopic (exact) mass is 855 g/mol. The van der Waals surface area contributed by atoms with E-state index in [2.05, 4.69) is 4.90 Å². The number of carbonyl (C=O) groups excluding carboxylic acids is 3. The number of aliphatic hydroxyl groups excluding tert-OH is 1. The van der Waals surface area contributed by atoms with Gasteiger partial charge in [0, 0.05) is 105 Å². The van der Waals surface area contributed by atoms with Gasteiger partial charge in [-0.3, -0.25) is 18.6 Å². The Kier molecular flexibility index (Phi) is 13.5. The van der Waals surface area contributed by atoms with Gasteiger partial charge in [0.1, 0.15) is 5.60 Å². The lowest BCUT2D eigenvalue weighted by Crippen LogP contribution is -2.47. The fourth-order valence-corrected chi connectivity index (χ4v) is 10.2. The molecule has 3 fully saturated rings. The number of halogens is 3. The Labute approximate surface area is 343 Å². The minimum atomic E-state index is -4.74. The molecule has 0 bridgehead atoms. The Balaban J connectivity index is 1.21. The summed E-state index contributed by atoms with van der Waals surface area (Å²) in [5, 5.41) is 16.1. The van der Waals surface area contributed by atoms with Gasteiger partial charge < -0.3 is 24.5 Å². The molecule has 0 radical (unpaired) electrons. The predicted octanol–water partition coefficient (Wildman–Crippen LogP) is 4.84. The number of rotatable bonds is 11. The molecule has 1 unspecified atom stereocenters. The van der Waals surface area contributed by atoms with Crippen molar-refractivity contribution in [2.75, 3.05) is 58.6 Å². The maximum absolute atomic E-state index is 14.5. The van der Waals surface area contributed by atoms with E-state index in [0.717, 1.165) is 51.2 Å². The number of nitrogens with zero attached hydrogens (tertiary/aromatic N) is 7. The molecule has 3 amide bonds. The molecule has 19 heteroatoms. The minimum absolute atomic E-state index is 0.0343. The van der Waals surface area contributed by atoms with E-state index in [1.54, 1.807) is 32.4 Å². The molecule has 58 heavy (non-hydrogen) atoms. The van der Waals surface area contributed by atoms with Crippen LogP contribution >= 0.6 is 11.9 Å². The van der Waals surface area contributed by atoms with Gasteiger partial charge in [-0.25, -0.2) is 13.2 Å². The van der Waals surface area contributed by atoms with Crippen LogP contribution in [0.15, 0.2) is 23.1 Å². The van der Waals surface area contributed by atoms with Crippen LogP contribution in [0.2, 0.25) is 0 Å². The molecule has 4 aliphatic heterocycles. The van der Waals surface area contributed by atoms with Gasteiger partial charge in [-0.1, -0.05) is 6.07 Å². The molecule has 1 aromatic carbocycles. The van der Waals surface area contributed by atoms with Gasteiger partial charge in [0.15, 0.2) is 0 Å². The number of aromatic nitrogens is 2. The number of hydrogen-bond acceptors (Lipinski definition) is 10. The number of ether oxygens (including phenoxy) is 1. The van der Waals surface area contributed by atoms with Crippen LogP contribution in [0.25, 0.3) is 11.3 Å². The van der Waals surface area contributed by atoms with E-state index in [1.807, 2.05) is 4.90 Å². The average Bonchev–Trinajstić information content (AvgIpc) is 3.75. The van der Waals surface area contributed by atoms with Gasteiger partial charge in [0.05, 0.1) is 30.2 Å². The zero-order valence-electron chi connectivity index (χ0n) is 34.0. The normalized spacial score (nSPS) is 20.1. The number of fused-ring (bicyclic) bond motifs is 1. The summed E-state index contributed by atoms with van der Waals surface area (Å²) in [6.07, 6.45) is -0.838. The van der Waals surface area contributed by atoms with Gasteiger partial charge in [-0.05, 0) is 83.9 Å². The van der Waals surface area contributed by atoms with Crippen molar-refractivity contribution in [3.8, 4) is 11.3 Å². The molecule has 0 spiro atoms. The Morgan fingerprint density at radius 2 is 1.71 bits per heavy atom. The molecule has 0 aliphatic carbocycles. The molecule has 5 heterocycles. The summed E-state index contributed by atoms with van der Waals surface area (Å²) in [5.74, 6) is -0.625. The van der Waals surface area contributed by atoms with E-state index < -0.39 is 45.5 Å². The first-order chi connectivity index (χ1) is 27.2. The summed E-state index contributed by atoms with van der Waals surface area (Å²) in [5.41, 5.74) is 0.291. The van der Waals surface area contributed by atoms with Crippen LogP contribution in [0.4, 0.5) is 18.0 Å². The predicted molar refractivity (Wildman–Crippen MR) is 212 cm³/mol. The number of carbonyl (C=O) groups is 3. The van der Waals surface area contributed by atoms with E-state index in [9.17, 15) is 41.1 Å². The lowest BCUT2D eigenvalue weighted by atomic mass is 9.96. The van der Waals surface area contributed by atoms with Gasteiger partial charge in [-0.2, -0.15) is 22.6 Å². The topological polar surface area (TPSA) is 149 Å². The SMILES string of the molecule is CCN(Sc1cc(-c2nn(CC(O)CN3CCC(N4CCCC4=O)CC3)c3c2CN(S(C)(=O)=O)CC3)ccc1C(F)(F)F)C(=O)C1CCN(C(=O)OC(C)(C)C)CC1. The summed E-state index contributed by atoms with van der Waals surface area (Å²) in [6, 6.07) is 3.84. The van der Waals surface area contributed by atoms with Crippen LogP contribution in [0.3, 0.4) is 0 Å². The highest BCUT2D eigenvalue weighted by Crippen LogP contribution is 2.42. The van der Waals surface area contributed by atoms with E-state index in [0.29, 0.717) is 66.7 Å². The van der Waals surface area contributed by atoms with Crippen molar-refractivity contribution in [2.45, 2.75) is 115 Å². The molecule has 4 aliphatic rings. The standard InChI is InChI=1S/C39H56F3N7O7S2/c1-6-49(36(52)26-11-19-45(20-12-26)37(53)56-38(2,3)4)57-33-22-27(9-10-31(33)39(40,41)42)35-30-25-46(58(5,54)55)21-15-32(30)48(43-35)24-29(50)23-44-17-13-28(14-18-44)47-16-7-8-34(47)51/h9-10,22,26,28-29,50H,6-8,11-21,23-25H2,1-5H3. The minimum Gasteiger partial charge on any atom is -0.444 e. The van der Waals surface area contributed by atoms with Crippen LogP contribution < -0.4 is 0 Å². The number of β-amino-alcohol motifs (C(OH)–C–C–N with tert-alkyl or cyclic N) is 1. The number of piperidine rings is 2. The number of likely N-dealkylation sites (tertiary alicyclic amines) is 3. The van der Waals surface area contributed by atoms with Gasteiger partial charge in [0.2, 0.25) is 21.8 Å². The van der Waals surface area contributed by atoms with Crippen molar-refractivity contribution < 1.29 is 45.8 Å². The molecular weight excluding hydrogens is 800 g/mol. The Hall–Kier alpha value is -3.39. The van der Waals surface area contributed by atoms with Crippen molar-refractivity contribution in [1.82, 2.24) is 33.1 Å². The Morgan fingerprint density at radius 3 is 2.29 bits per heavy atom. The molecule has 6 rings (SSSR count). The third-order valence-corrected chi connectivity index (χ3v) is 13.8.